The largest absolute Gasteiger partial charge is 0.455 e. The maximum absolute atomic E-state index is 6.73. The summed E-state index contributed by atoms with van der Waals surface area (Å²) in [6.07, 6.45) is 0. The first-order chi connectivity index (χ1) is 31.3. The van der Waals surface area contributed by atoms with E-state index in [0.717, 1.165) is 78.1 Å². The molecule has 0 amide bonds. The molecular weight excluding hydrogens is 765 g/mol. The molecule has 0 fully saturated rings. The second-order valence-electron chi connectivity index (χ2n) is 16.1. The van der Waals surface area contributed by atoms with Crippen molar-refractivity contribution in [3.8, 4) is 50.2 Å². The number of aromatic nitrogens is 1. The van der Waals surface area contributed by atoms with Crippen LogP contribution in [0.4, 0.5) is 17.1 Å². The molecule has 0 radical (unpaired) electrons. The quantitative estimate of drug-likeness (QED) is 0.153. The number of furan rings is 1. The van der Waals surface area contributed by atoms with Gasteiger partial charge in [-0.05, 0) is 100 Å². The number of hydrogen-bond acceptors (Lipinski definition) is 2. The van der Waals surface area contributed by atoms with E-state index in [2.05, 4.69) is 246 Å². The Bertz CT molecular complexity index is 3530. The standard InChI is InChI=1S/C60H40N2O/c1-3-15-41(16-4-1)42-27-33-46(34-28-42)61(47-35-29-43(30-36-47)44-31-37-48(38-32-44)62-56-24-12-7-19-50(56)51-20-8-13-25-57(51)62)55-23-11-9-21-52(55)53-40-39-49(45-17-5-2-6-18-45)60-59(53)54-22-10-14-26-58(54)63-60/h1-40H. The van der Waals surface area contributed by atoms with Crippen LogP contribution in [-0.4, -0.2) is 4.57 Å². The molecule has 2 heterocycles. The van der Waals surface area contributed by atoms with Gasteiger partial charge in [-0.25, -0.2) is 0 Å². The van der Waals surface area contributed by atoms with Gasteiger partial charge in [-0.2, -0.15) is 0 Å². The molecule has 12 rings (SSSR count). The van der Waals surface area contributed by atoms with Gasteiger partial charge in [0.05, 0.1) is 16.7 Å². The molecule has 3 nitrogen and oxygen atoms in total. The van der Waals surface area contributed by atoms with E-state index in [1.165, 1.54) is 32.9 Å². The van der Waals surface area contributed by atoms with Crippen molar-refractivity contribution in [2.45, 2.75) is 0 Å². The Hall–Kier alpha value is -8.40. The fraction of sp³-hybridized carbons (Fsp3) is 0. The van der Waals surface area contributed by atoms with Crippen molar-refractivity contribution < 1.29 is 4.42 Å². The summed E-state index contributed by atoms with van der Waals surface area (Å²) in [6.45, 7) is 0. The average molecular weight is 805 g/mol. The number of fused-ring (bicyclic) bond motifs is 6. The van der Waals surface area contributed by atoms with Crippen molar-refractivity contribution in [1.29, 1.82) is 0 Å². The average Bonchev–Trinajstić information content (AvgIpc) is 3.92. The van der Waals surface area contributed by atoms with Gasteiger partial charge in [-0.3, -0.25) is 0 Å². The van der Waals surface area contributed by atoms with Crippen LogP contribution in [0.5, 0.6) is 0 Å². The van der Waals surface area contributed by atoms with E-state index in [1.807, 2.05) is 6.07 Å². The predicted octanol–water partition coefficient (Wildman–Crippen LogP) is 16.8. The van der Waals surface area contributed by atoms with Crippen LogP contribution >= 0.6 is 0 Å². The fourth-order valence-corrected chi connectivity index (χ4v) is 9.46. The van der Waals surface area contributed by atoms with Gasteiger partial charge >= 0.3 is 0 Å². The zero-order valence-corrected chi connectivity index (χ0v) is 34.4. The van der Waals surface area contributed by atoms with Gasteiger partial charge in [-0.15, -0.1) is 0 Å². The summed E-state index contributed by atoms with van der Waals surface area (Å²) < 4.78 is 9.10. The smallest absolute Gasteiger partial charge is 0.143 e. The molecule has 2 aromatic heterocycles. The molecule has 10 aromatic carbocycles. The van der Waals surface area contributed by atoms with E-state index in [0.29, 0.717) is 0 Å². The molecule has 0 aliphatic heterocycles. The maximum atomic E-state index is 6.73. The lowest BCUT2D eigenvalue weighted by atomic mass is 9.93. The number of anilines is 3. The van der Waals surface area contributed by atoms with E-state index in [1.54, 1.807) is 0 Å². The van der Waals surface area contributed by atoms with E-state index >= 15 is 0 Å². The second kappa shape index (κ2) is 15.3. The second-order valence-corrected chi connectivity index (χ2v) is 16.1. The Kier molecular flexibility index (Phi) is 8.83. The van der Waals surface area contributed by atoms with Gasteiger partial charge < -0.3 is 13.9 Å². The summed E-state index contributed by atoms with van der Waals surface area (Å²) in [4.78, 5) is 2.39. The SMILES string of the molecule is c1ccc(-c2ccc(N(c3ccc(-c4ccc(-n5c6ccccc6c6ccccc65)cc4)cc3)c3ccccc3-c3ccc(-c4ccccc4)c4oc5ccccc5c34)cc2)cc1. The van der Waals surface area contributed by atoms with Crippen molar-refractivity contribution >= 4 is 60.8 Å². The molecule has 0 unspecified atom stereocenters. The van der Waals surface area contributed by atoms with Crippen molar-refractivity contribution in [2.75, 3.05) is 4.90 Å². The number of nitrogens with zero attached hydrogens (tertiary/aromatic N) is 2. The molecule has 0 saturated heterocycles. The van der Waals surface area contributed by atoms with E-state index < -0.39 is 0 Å². The molecule has 0 spiro atoms. The highest BCUT2D eigenvalue weighted by molar-refractivity contribution is 6.17. The van der Waals surface area contributed by atoms with Gasteiger partial charge in [0.2, 0.25) is 0 Å². The number of rotatable bonds is 8. The molecule has 0 aliphatic carbocycles. The first-order valence-electron chi connectivity index (χ1n) is 21.5. The molecule has 0 atom stereocenters. The molecule has 3 heteroatoms. The maximum Gasteiger partial charge on any atom is 0.143 e. The third kappa shape index (κ3) is 6.29. The van der Waals surface area contributed by atoms with Gasteiger partial charge in [0.1, 0.15) is 11.2 Å². The molecule has 0 aliphatic rings. The third-order valence-electron chi connectivity index (χ3n) is 12.4. The van der Waals surface area contributed by atoms with Crippen LogP contribution in [0, 0.1) is 0 Å². The molecule has 0 bridgehead atoms. The minimum absolute atomic E-state index is 0.877. The zero-order chi connectivity index (χ0) is 41.7. The first kappa shape index (κ1) is 36.5. The highest BCUT2D eigenvalue weighted by Crippen LogP contribution is 2.47. The summed E-state index contributed by atoms with van der Waals surface area (Å²) in [7, 11) is 0. The van der Waals surface area contributed by atoms with Crippen LogP contribution in [0.15, 0.2) is 247 Å². The molecule has 296 valence electrons. The lowest BCUT2D eigenvalue weighted by Crippen LogP contribution is -2.11. The normalized spacial score (nSPS) is 11.5. The molecule has 0 saturated carbocycles. The molecule has 12 aromatic rings. The van der Waals surface area contributed by atoms with Gasteiger partial charge in [0.25, 0.3) is 0 Å². The van der Waals surface area contributed by atoms with E-state index in [4.69, 9.17) is 4.42 Å². The minimum atomic E-state index is 0.877. The monoisotopic (exact) mass is 804 g/mol. The lowest BCUT2D eigenvalue weighted by molar-refractivity contribution is 0.670. The molecule has 63 heavy (non-hydrogen) atoms. The first-order valence-corrected chi connectivity index (χ1v) is 21.5. The van der Waals surface area contributed by atoms with Crippen LogP contribution in [0.25, 0.3) is 93.9 Å². The Morgan fingerprint density at radius 1 is 0.317 bits per heavy atom. The summed E-state index contributed by atoms with van der Waals surface area (Å²) >= 11 is 0. The number of hydrogen-bond donors (Lipinski definition) is 0. The molecule has 0 N–H and O–H groups in total. The highest BCUT2D eigenvalue weighted by Gasteiger charge is 2.22. The Morgan fingerprint density at radius 2 is 0.778 bits per heavy atom. The molecular formula is C60H40N2O. The summed E-state index contributed by atoms with van der Waals surface area (Å²) in [5.74, 6) is 0. The van der Waals surface area contributed by atoms with Crippen molar-refractivity contribution in [2.24, 2.45) is 0 Å². The van der Waals surface area contributed by atoms with Crippen LogP contribution in [0.2, 0.25) is 0 Å². The van der Waals surface area contributed by atoms with Crippen molar-refractivity contribution in [1.82, 2.24) is 4.57 Å². The predicted molar refractivity (Wildman–Crippen MR) is 264 cm³/mol. The summed E-state index contributed by atoms with van der Waals surface area (Å²) in [5, 5.41) is 4.74. The minimum Gasteiger partial charge on any atom is -0.455 e. The summed E-state index contributed by atoms with van der Waals surface area (Å²) in [6, 6.07) is 86.9. The van der Waals surface area contributed by atoms with E-state index in [-0.39, 0.29) is 0 Å². The topological polar surface area (TPSA) is 21.3 Å². The Labute approximate surface area is 366 Å². The van der Waals surface area contributed by atoms with Gasteiger partial charge in [-0.1, -0.05) is 176 Å². The van der Waals surface area contributed by atoms with Crippen LogP contribution in [-0.2, 0) is 0 Å². The summed E-state index contributed by atoms with van der Waals surface area (Å²) in [5.41, 5.74) is 17.7. The van der Waals surface area contributed by atoms with Crippen LogP contribution < -0.4 is 4.90 Å². The zero-order valence-electron chi connectivity index (χ0n) is 34.4. The number of benzene rings is 10. The van der Waals surface area contributed by atoms with Crippen molar-refractivity contribution in [3.05, 3.63) is 243 Å². The van der Waals surface area contributed by atoms with Crippen LogP contribution in [0.3, 0.4) is 0 Å². The Morgan fingerprint density at radius 3 is 1.40 bits per heavy atom. The third-order valence-corrected chi connectivity index (χ3v) is 12.4. The van der Waals surface area contributed by atoms with Crippen LogP contribution in [0.1, 0.15) is 0 Å². The van der Waals surface area contributed by atoms with Crippen molar-refractivity contribution in [3.63, 3.8) is 0 Å². The number of para-hydroxylation sites is 4. The van der Waals surface area contributed by atoms with E-state index in [9.17, 15) is 0 Å². The highest BCUT2D eigenvalue weighted by atomic mass is 16.3. The van der Waals surface area contributed by atoms with Gasteiger partial charge in [0, 0.05) is 49.7 Å². The van der Waals surface area contributed by atoms with Gasteiger partial charge in [0.15, 0.2) is 0 Å². The Balaban J connectivity index is 0.977. The fourth-order valence-electron chi connectivity index (χ4n) is 9.46. The lowest BCUT2D eigenvalue weighted by Gasteiger charge is -2.28.